The fourth-order valence-corrected chi connectivity index (χ4v) is 4.05. The van der Waals surface area contributed by atoms with Crippen LogP contribution in [-0.4, -0.2) is 34.0 Å². The summed E-state index contributed by atoms with van der Waals surface area (Å²) in [6, 6.07) is -0.864. The van der Waals surface area contributed by atoms with Gasteiger partial charge >= 0.3 is 5.97 Å². The van der Waals surface area contributed by atoms with Gasteiger partial charge in [0.05, 0.1) is 0 Å². The molecule has 0 aromatic rings. The van der Waals surface area contributed by atoms with Gasteiger partial charge in [0.15, 0.2) is 0 Å². The highest BCUT2D eigenvalue weighted by Crippen LogP contribution is 2.23. The Labute approximate surface area is 188 Å². The number of carbonyl (C=O) groups is 2. The van der Waals surface area contributed by atoms with E-state index < -0.39 is 12.0 Å². The first-order chi connectivity index (χ1) is 14.0. The highest BCUT2D eigenvalue weighted by Gasteiger charge is 2.20. The second-order valence-corrected chi connectivity index (χ2v) is 9.67. The van der Waals surface area contributed by atoms with Crippen LogP contribution in [0.4, 0.5) is 0 Å². The van der Waals surface area contributed by atoms with Crippen molar-refractivity contribution >= 4 is 23.6 Å². The Kier molecular flexibility index (Phi) is 15.1. The molecule has 0 aliphatic heterocycles. The molecule has 0 aliphatic rings. The molecule has 0 bridgehead atoms. The van der Waals surface area contributed by atoms with Crippen molar-refractivity contribution in [3.63, 3.8) is 0 Å². The number of amides is 1. The minimum absolute atomic E-state index is 0.186. The van der Waals surface area contributed by atoms with Gasteiger partial charge in [0.2, 0.25) is 5.91 Å². The van der Waals surface area contributed by atoms with E-state index in [1.165, 1.54) is 29.2 Å². The number of thioether (sulfide) groups is 1. The largest absolute Gasteiger partial charge is 0.480 e. The molecule has 0 fully saturated rings. The lowest BCUT2D eigenvalue weighted by Crippen LogP contribution is -2.41. The van der Waals surface area contributed by atoms with E-state index in [-0.39, 0.29) is 11.2 Å². The van der Waals surface area contributed by atoms with Gasteiger partial charge in [-0.05, 0) is 73.6 Å². The standard InChI is InChI=1S/C25H41NO3S/c1-18(2)10-8-12-20(5)14-15-23(16-21(6)13-9-11-19(3)4)30-17-24(25(28)29)26-22(7)27/h10-11,14,16,23-24H,8-9,12-13,15,17H2,1-7H3,(H,26,27)(H,28,29)/b20-14+,21-16+/t23?,24-/m0/s1. The van der Waals surface area contributed by atoms with E-state index in [1.807, 2.05) is 0 Å². The van der Waals surface area contributed by atoms with Crippen LogP contribution >= 0.6 is 11.8 Å². The number of allylic oxidation sites excluding steroid dienone is 7. The van der Waals surface area contributed by atoms with Crippen molar-refractivity contribution in [3.8, 4) is 0 Å². The molecular weight excluding hydrogens is 394 g/mol. The minimum atomic E-state index is -0.992. The van der Waals surface area contributed by atoms with Gasteiger partial charge in [0.25, 0.3) is 0 Å². The summed E-state index contributed by atoms with van der Waals surface area (Å²) in [5, 5.41) is 12.1. The monoisotopic (exact) mass is 435 g/mol. The van der Waals surface area contributed by atoms with Crippen molar-refractivity contribution in [2.45, 2.75) is 91.9 Å². The molecule has 0 spiro atoms. The zero-order valence-electron chi connectivity index (χ0n) is 19.9. The average molecular weight is 436 g/mol. The Balaban J connectivity index is 5.14. The first kappa shape index (κ1) is 28.2. The Morgan fingerprint density at radius 2 is 1.40 bits per heavy atom. The fraction of sp³-hybridized carbons (Fsp3) is 0.600. The van der Waals surface area contributed by atoms with Crippen LogP contribution in [0.25, 0.3) is 0 Å². The third kappa shape index (κ3) is 16.1. The van der Waals surface area contributed by atoms with Crippen LogP contribution in [0.3, 0.4) is 0 Å². The van der Waals surface area contributed by atoms with Crippen LogP contribution < -0.4 is 5.32 Å². The zero-order valence-corrected chi connectivity index (χ0v) is 20.7. The summed E-state index contributed by atoms with van der Waals surface area (Å²) in [5.41, 5.74) is 5.32. The Morgan fingerprint density at radius 3 is 1.87 bits per heavy atom. The molecule has 5 heteroatoms. The molecule has 0 aliphatic carbocycles. The normalized spacial score (nSPS) is 14.0. The molecule has 0 saturated carbocycles. The first-order valence-corrected chi connectivity index (χ1v) is 11.8. The van der Waals surface area contributed by atoms with E-state index in [1.54, 1.807) is 11.8 Å². The molecule has 30 heavy (non-hydrogen) atoms. The maximum absolute atomic E-state index is 11.4. The van der Waals surface area contributed by atoms with Crippen molar-refractivity contribution in [3.05, 3.63) is 46.6 Å². The summed E-state index contributed by atoms with van der Waals surface area (Å²) in [4.78, 5) is 22.7. The lowest BCUT2D eigenvalue weighted by Gasteiger charge is -2.17. The molecule has 1 unspecified atom stereocenters. The summed E-state index contributed by atoms with van der Waals surface area (Å²) in [6.45, 7) is 14.1. The predicted molar refractivity (Wildman–Crippen MR) is 131 cm³/mol. The predicted octanol–water partition coefficient (Wildman–Crippen LogP) is 6.45. The van der Waals surface area contributed by atoms with Crippen molar-refractivity contribution < 1.29 is 14.7 Å². The number of carboxylic acid groups (broad SMARTS) is 1. The molecule has 170 valence electrons. The number of hydrogen-bond donors (Lipinski definition) is 2. The van der Waals surface area contributed by atoms with Crippen molar-refractivity contribution in [1.29, 1.82) is 0 Å². The topological polar surface area (TPSA) is 66.4 Å². The number of rotatable bonds is 14. The molecule has 2 atom stereocenters. The van der Waals surface area contributed by atoms with Crippen LogP contribution in [-0.2, 0) is 9.59 Å². The molecule has 0 aromatic heterocycles. The molecule has 0 rings (SSSR count). The lowest BCUT2D eigenvalue weighted by molar-refractivity contribution is -0.140. The molecule has 0 radical (unpaired) electrons. The maximum Gasteiger partial charge on any atom is 0.327 e. The van der Waals surface area contributed by atoms with E-state index in [2.05, 4.69) is 71.2 Å². The van der Waals surface area contributed by atoms with Gasteiger partial charge in [-0.15, -0.1) is 0 Å². The van der Waals surface area contributed by atoms with Gasteiger partial charge in [-0.2, -0.15) is 11.8 Å². The summed E-state index contributed by atoms with van der Waals surface area (Å²) >= 11 is 1.59. The second kappa shape index (κ2) is 16.0. The number of nitrogens with one attached hydrogen (secondary N) is 1. The van der Waals surface area contributed by atoms with Crippen LogP contribution in [0.2, 0.25) is 0 Å². The molecule has 4 nitrogen and oxygen atoms in total. The molecule has 0 heterocycles. The van der Waals surface area contributed by atoms with Crippen LogP contribution in [0.5, 0.6) is 0 Å². The first-order valence-electron chi connectivity index (χ1n) is 10.7. The number of aliphatic carboxylic acids is 1. The van der Waals surface area contributed by atoms with Gasteiger partial charge in [0.1, 0.15) is 6.04 Å². The second-order valence-electron chi connectivity index (χ2n) is 8.40. The number of carboxylic acids is 1. The van der Waals surface area contributed by atoms with Crippen LogP contribution in [0.1, 0.15) is 80.6 Å². The van der Waals surface area contributed by atoms with E-state index in [0.717, 1.165) is 32.1 Å². The van der Waals surface area contributed by atoms with Gasteiger partial charge < -0.3 is 10.4 Å². The highest BCUT2D eigenvalue weighted by atomic mass is 32.2. The number of carbonyl (C=O) groups excluding carboxylic acids is 1. The fourth-order valence-electron chi connectivity index (χ4n) is 2.82. The number of hydrogen-bond acceptors (Lipinski definition) is 3. The van der Waals surface area contributed by atoms with Gasteiger partial charge in [-0.25, -0.2) is 4.79 Å². The van der Waals surface area contributed by atoms with Crippen LogP contribution in [0.15, 0.2) is 46.6 Å². The molecule has 0 aromatic carbocycles. The van der Waals surface area contributed by atoms with Gasteiger partial charge in [0, 0.05) is 17.9 Å². The zero-order chi connectivity index (χ0) is 23.1. The maximum atomic E-state index is 11.4. The van der Waals surface area contributed by atoms with E-state index >= 15 is 0 Å². The summed E-state index contributed by atoms with van der Waals surface area (Å²) in [6.07, 6.45) is 14.0. The van der Waals surface area contributed by atoms with Crippen molar-refractivity contribution in [2.24, 2.45) is 0 Å². The molecular formula is C25H41NO3S. The Bertz CT molecular complexity index is 666. The molecule has 1 amide bonds. The summed E-state index contributed by atoms with van der Waals surface area (Å²) in [5.74, 6) is -0.959. The lowest BCUT2D eigenvalue weighted by atomic mass is 10.1. The average Bonchev–Trinajstić information content (AvgIpc) is 2.61. The van der Waals surface area contributed by atoms with E-state index in [0.29, 0.717) is 5.75 Å². The minimum Gasteiger partial charge on any atom is -0.480 e. The summed E-state index contributed by atoms with van der Waals surface area (Å²) < 4.78 is 0. The van der Waals surface area contributed by atoms with Crippen molar-refractivity contribution in [1.82, 2.24) is 5.32 Å². The van der Waals surface area contributed by atoms with E-state index in [4.69, 9.17) is 0 Å². The van der Waals surface area contributed by atoms with E-state index in [9.17, 15) is 14.7 Å². The van der Waals surface area contributed by atoms with Crippen LogP contribution in [0, 0.1) is 0 Å². The smallest absolute Gasteiger partial charge is 0.327 e. The van der Waals surface area contributed by atoms with Crippen molar-refractivity contribution in [2.75, 3.05) is 5.75 Å². The Morgan fingerprint density at radius 1 is 0.867 bits per heavy atom. The summed E-state index contributed by atoms with van der Waals surface area (Å²) in [7, 11) is 0. The van der Waals surface area contributed by atoms with Gasteiger partial charge in [-0.1, -0.05) is 46.6 Å². The molecule has 2 N–H and O–H groups in total. The quantitative estimate of drug-likeness (QED) is 0.308. The third-order valence-corrected chi connectivity index (χ3v) is 5.79. The van der Waals surface area contributed by atoms with Gasteiger partial charge in [-0.3, -0.25) is 4.79 Å². The molecule has 0 saturated heterocycles. The SMILES string of the molecule is CC(=O)N[C@@H](CSC(/C=C(\C)CCC=C(C)C)C/C=C(\C)CCC=C(C)C)C(=O)O. The third-order valence-electron chi connectivity index (χ3n) is 4.50. The highest BCUT2D eigenvalue weighted by molar-refractivity contribution is 8.00. The Hall–Kier alpha value is -1.75.